The fraction of sp³-hybridized carbons (Fsp3) is 0.133. The molecule has 0 amide bonds. The van der Waals surface area contributed by atoms with Crippen LogP contribution in [0.1, 0.15) is 21.5 Å². The van der Waals surface area contributed by atoms with Gasteiger partial charge in [-0.05, 0) is 48.9 Å². The van der Waals surface area contributed by atoms with Gasteiger partial charge in [0.05, 0.1) is 12.1 Å². The molecule has 4 heteroatoms. The highest BCUT2D eigenvalue weighted by Gasteiger charge is 2.12. The number of ketones is 1. The van der Waals surface area contributed by atoms with Crippen LogP contribution in [0.4, 0.5) is 0 Å². The number of hydrogen-bond donors (Lipinski definition) is 0. The number of methoxy groups -OCH3 is 1. The summed E-state index contributed by atoms with van der Waals surface area (Å²) >= 11 is 11.9. The van der Waals surface area contributed by atoms with Gasteiger partial charge in [-0.25, -0.2) is 0 Å². The smallest absolute Gasteiger partial charge is 0.193 e. The maximum Gasteiger partial charge on any atom is 0.193 e. The van der Waals surface area contributed by atoms with Crippen molar-refractivity contribution in [3.63, 3.8) is 0 Å². The molecule has 0 atom stereocenters. The highest BCUT2D eigenvalue weighted by atomic mass is 35.5. The Morgan fingerprint density at radius 1 is 1.00 bits per heavy atom. The standard InChI is InChI=1S/C15H12Cl2O2/c1-9-7-10(3-5-12(9)16)15(18)11-4-6-13(17)14(8-11)19-2/h3-8H,1-2H3. The van der Waals surface area contributed by atoms with Crippen LogP contribution >= 0.6 is 23.2 Å². The molecule has 0 fully saturated rings. The first-order valence-electron chi connectivity index (χ1n) is 5.67. The summed E-state index contributed by atoms with van der Waals surface area (Å²) in [5.74, 6) is 0.396. The van der Waals surface area contributed by atoms with Crippen molar-refractivity contribution in [1.29, 1.82) is 0 Å². The minimum absolute atomic E-state index is 0.0882. The van der Waals surface area contributed by atoms with Crippen LogP contribution in [-0.4, -0.2) is 12.9 Å². The van der Waals surface area contributed by atoms with E-state index in [2.05, 4.69) is 0 Å². The van der Waals surface area contributed by atoms with E-state index in [4.69, 9.17) is 27.9 Å². The normalized spacial score (nSPS) is 10.3. The molecule has 2 nitrogen and oxygen atoms in total. The van der Waals surface area contributed by atoms with E-state index in [0.717, 1.165) is 5.56 Å². The lowest BCUT2D eigenvalue weighted by molar-refractivity contribution is 0.103. The molecule has 2 rings (SSSR count). The number of ether oxygens (including phenoxy) is 1. The molecule has 19 heavy (non-hydrogen) atoms. The molecule has 0 aliphatic heterocycles. The van der Waals surface area contributed by atoms with Crippen molar-refractivity contribution in [1.82, 2.24) is 0 Å². The van der Waals surface area contributed by atoms with E-state index in [1.165, 1.54) is 7.11 Å². The van der Waals surface area contributed by atoms with Crippen molar-refractivity contribution < 1.29 is 9.53 Å². The van der Waals surface area contributed by atoms with Crippen molar-refractivity contribution in [2.24, 2.45) is 0 Å². The average molecular weight is 295 g/mol. The van der Waals surface area contributed by atoms with E-state index in [-0.39, 0.29) is 5.78 Å². The number of halogens is 2. The summed E-state index contributed by atoms with van der Waals surface area (Å²) in [5.41, 5.74) is 1.99. The molecule has 0 aliphatic rings. The SMILES string of the molecule is COc1cc(C(=O)c2ccc(Cl)c(C)c2)ccc1Cl. The third-order valence-electron chi connectivity index (χ3n) is 2.83. The molecule has 2 aromatic carbocycles. The Morgan fingerprint density at radius 2 is 1.58 bits per heavy atom. The van der Waals surface area contributed by atoms with Gasteiger partial charge in [0.2, 0.25) is 0 Å². The fourth-order valence-electron chi connectivity index (χ4n) is 1.75. The monoisotopic (exact) mass is 294 g/mol. The molecule has 0 unspecified atom stereocenters. The van der Waals surface area contributed by atoms with Gasteiger partial charge in [-0.2, -0.15) is 0 Å². The zero-order chi connectivity index (χ0) is 14.0. The van der Waals surface area contributed by atoms with Gasteiger partial charge in [-0.3, -0.25) is 4.79 Å². The molecule has 0 heterocycles. The first-order valence-corrected chi connectivity index (χ1v) is 6.43. The Morgan fingerprint density at radius 3 is 2.16 bits per heavy atom. The molecule has 0 spiro atoms. The highest BCUT2D eigenvalue weighted by molar-refractivity contribution is 6.32. The number of carbonyl (C=O) groups excluding carboxylic acids is 1. The van der Waals surface area contributed by atoms with Gasteiger partial charge < -0.3 is 4.74 Å². The summed E-state index contributed by atoms with van der Waals surface area (Å²) in [6.07, 6.45) is 0. The van der Waals surface area contributed by atoms with Crippen molar-refractivity contribution >= 4 is 29.0 Å². The third-order valence-corrected chi connectivity index (χ3v) is 3.57. The average Bonchev–Trinajstić information content (AvgIpc) is 2.41. The van der Waals surface area contributed by atoms with Crippen molar-refractivity contribution in [3.05, 3.63) is 63.1 Å². The lowest BCUT2D eigenvalue weighted by Crippen LogP contribution is -2.02. The first kappa shape index (κ1) is 13.9. The number of carbonyl (C=O) groups is 1. The largest absolute Gasteiger partial charge is 0.495 e. The van der Waals surface area contributed by atoms with Crippen LogP contribution < -0.4 is 4.74 Å². The second-order valence-electron chi connectivity index (χ2n) is 4.14. The molecule has 0 saturated carbocycles. The highest BCUT2D eigenvalue weighted by Crippen LogP contribution is 2.26. The number of rotatable bonds is 3. The predicted octanol–water partition coefficient (Wildman–Crippen LogP) is 4.54. The molecule has 2 aromatic rings. The maximum absolute atomic E-state index is 12.3. The van der Waals surface area contributed by atoms with E-state index in [1.54, 1.807) is 36.4 Å². The molecule has 0 aliphatic carbocycles. The Kier molecular flexibility index (Phi) is 4.13. The maximum atomic E-state index is 12.3. The van der Waals surface area contributed by atoms with E-state index in [9.17, 15) is 4.79 Å². The molecule has 0 saturated heterocycles. The Labute approximate surface area is 121 Å². The summed E-state index contributed by atoms with van der Waals surface area (Å²) in [4.78, 5) is 12.3. The van der Waals surface area contributed by atoms with Crippen molar-refractivity contribution in [2.45, 2.75) is 6.92 Å². The van der Waals surface area contributed by atoms with Gasteiger partial charge in [-0.15, -0.1) is 0 Å². The van der Waals surface area contributed by atoms with E-state index in [1.807, 2.05) is 6.92 Å². The van der Waals surface area contributed by atoms with Gasteiger partial charge >= 0.3 is 0 Å². The minimum atomic E-state index is -0.0882. The number of benzene rings is 2. The van der Waals surface area contributed by atoms with E-state index >= 15 is 0 Å². The summed E-state index contributed by atoms with van der Waals surface area (Å²) in [6.45, 7) is 1.86. The second-order valence-corrected chi connectivity index (χ2v) is 4.96. The first-order chi connectivity index (χ1) is 9.02. The zero-order valence-corrected chi connectivity index (χ0v) is 12.0. The minimum Gasteiger partial charge on any atom is -0.495 e. The lowest BCUT2D eigenvalue weighted by Gasteiger charge is -2.07. The summed E-state index contributed by atoms with van der Waals surface area (Å²) < 4.78 is 5.11. The Balaban J connectivity index is 2.41. The topological polar surface area (TPSA) is 26.3 Å². The lowest BCUT2D eigenvalue weighted by atomic mass is 10.0. The fourth-order valence-corrected chi connectivity index (χ4v) is 2.07. The van der Waals surface area contributed by atoms with Gasteiger partial charge in [0.25, 0.3) is 0 Å². The Hall–Kier alpha value is -1.51. The van der Waals surface area contributed by atoms with Crippen molar-refractivity contribution in [3.8, 4) is 5.75 Å². The molecular weight excluding hydrogens is 283 g/mol. The van der Waals surface area contributed by atoms with Crippen LogP contribution in [-0.2, 0) is 0 Å². The molecule has 0 N–H and O–H groups in total. The van der Waals surface area contributed by atoms with Crippen LogP contribution in [0.15, 0.2) is 36.4 Å². The zero-order valence-electron chi connectivity index (χ0n) is 10.5. The van der Waals surface area contributed by atoms with Crippen LogP contribution in [0.25, 0.3) is 0 Å². The molecule has 98 valence electrons. The predicted molar refractivity (Wildman–Crippen MR) is 77.6 cm³/mol. The number of hydrogen-bond acceptors (Lipinski definition) is 2. The summed E-state index contributed by atoms with van der Waals surface area (Å²) in [5, 5.41) is 1.12. The van der Waals surface area contributed by atoms with E-state index in [0.29, 0.717) is 26.9 Å². The van der Waals surface area contributed by atoms with Crippen LogP contribution in [0.5, 0.6) is 5.75 Å². The second kappa shape index (κ2) is 5.64. The van der Waals surface area contributed by atoms with Gasteiger partial charge in [0.15, 0.2) is 5.78 Å². The van der Waals surface area contributed by atoms with Crippen LogP contribution in [0.2, 0.25) is 10.0 Å². The van der Waals surface area contributed by atoms with Crippen LogP contribution in [0, 0.1) is 6.92 Å². The van der Waals surface area contributed by atoms with E-state index < -0.39 is 0 Å². The molecule has 0 bridgehead atoms. The van der Waals surface area contributed by atoms with Gasteiger partial charge in [-0.1, -0.05) is 23.2 Å². The third kappa shape index (κ3) is 2.91. The quantitative estimate of drug-likeness (QED) is 0.777. The molecular formula is C15H12Cl2O2. The molecule has 0 radical (unpaired) electrons. The summed E-state index contributed by atoms with van der Waals surface area (Å²) in [7, 11) is 1.52. The van der Waals surface area contributed by atoms with Gasteiger partial charge in [0.1, 0.15) is 5.75 Å². The number of aryl methyl sites for hydroxylation is 1. The van der Waals surface area contributed by atoms with Crippen LogP contribution in [0.3, 0.4) is 0 Å². The Bertz CT molecular complexity index is 636. The van der Waals surface area contributed by atoms with Crippen molar-refractivity contribution in [2.75, 3.05) is 7.11 Å². The molecule has 0 aromatic heterocycles. The summed E-state index contributed by atoms with van der Waals surface area (Å²) in [6, 6.07) is 10.2. The van der Waals surface area contributed by atoms with Gasteiger partial charge in [0, 0.05) is 16.1 Å².